The van der Waals surface area contributed by atoms with Crippen LogP contribution in [0.1, 0.15) is 36.7 Å². The number of carbonyl (C=O) groups excluding carboxylic acids is 1. The lowest BCUT2D eigenvalue weighted by atomic mass is 9.97. The van der Waals surface area contributed by atoms with Gasteiger partial charge in [0.2, 0.25) is 5.65 Å². The smallest absolute Gasteiger partial charge is 0.300 e. The van der Waals surface area contributed by atoms with Crippen LogP contribution in [-0.4, -0.2) is 65.4 Å². The van der Waals surface area contributed by atoms with E-state index in [9.17, 15) is 4.79 Å². The molecule has 0 bridgehead atoms. The zero-order valence-electron chi connectivity index (χ0n) is 19.5. The summed E-state index contributed by atoms with van der Waals surface area (Å²) in [5, 5.41) is 12.4. The van der Waals surface area contributed by atoms with Gasteiger partial charge in [-0.2, -0.15) is 10.1 Å². The number of pyridine rings is 1. The van der Waals surface area contributed by atoms with Crippen molar-refractivity contribution in [3.8, 4) is 0 Å². The molecule has 10 heteroatoms. The van der Waals surface area contributed by atoms with E-state index in [0.717, 1.165) is 5.56 Å². The fraction of sp³-hybridized carbons (Fsp3) is 0.375. The van der Waals surface area contributed by atoms with Gasteiger partial charge in [0.05, 0.1) is 0 Å². The first-order chi connectivity index (χ1) is 16.2. The zero-order valence-corrected chi connectivity index (χ0v) is 20.3. The zero-order chi connectivity index (χ0) is 24.3. The monoisotopic (exact) mass is 481 g/mol. The Labute approximate surface area is 203 Å². The molecule has 0 saturated carbocycles. The summed E-state index contributed by atoms with van der Waals surface area (Å²) in [5.41, 5.74) is 6.07. The SMILES string of the molecule is CC(C)(C)CN/N=C(\C=N)c1ccc(C(=O)N2CCN(c3nc4nc(Cl)ccc4o3)CC2)cc1. The first-order valence-electron chi connectivity index (χ1n) is 11.1. The molecule has 178 valence electrons. The standard InChI is InChI=1S/C24H28ClN7O2/c1-24(2,3)15-27-30-18(14-26)16-4-6-17(7-5-16)22(33)31-10-12-32(13-11-31)23-29-21-19(34-23)8-9-20(25)28-21/h4-9,14,26-27H,10-13,15H2,1-3H3/b26-14?,30-18+. The summed E-state index contributed by atoms with van der Waals surface area (Å²) < 4.78 is 5.79. The highest BCUT2D eigenvalue weighted by atomic mass is 35.5. The van der Waals surface area contributed by atoms with E-state index in [-0.39, 0.29) is 11.3 Å². The molecule has 1 fully saturated rings. The summed E-state index contributed by atoms with van der Waals surface area (Å²) in [7, 11) is 0. The van der Waals surface area contributed by atoms with E-state index in [2.05, 4.69) is 41.3 Å². The Kier molecular flexibility index (Phi) is 6.83. The van der Waals surface area contributed by atoms with Crippen LogP contribution in [-0.2, 0) is 0 Å². The normalized spacial score (nSPS) is 15.0. The second-order valence-electron chi connectivity index (χ2n) is 9.35. The van der Waals surface area contributed by atoms with E-state index in [4.69, 9.17) is 21.4 Å². The number of oxazole rings is 1. The second kappa shape index (κ2) is 9.80. The molecule has 1 saturated heterocycles. The van der Waals surface area contributed by atoms with Crippen LogP contribution in [0, 0.1) is 10.8 Å². The van der Waals surface area contributed by atoms with Crippen molar-refractivity contribution in [3.05, 3.63) is 52.7 Å². The lowest BCUT2D eigenvalue weighted by molar-refractivity contribution is 0.0745. The Balaban J connectivity index is 1.37. The molecule has 3 heterocycles. The van der Waals surface area contributed by atoms with Crippen LogP contribution < -0.4 is 10.3 Å². The molecule has 2 N–H and O–H groups in total. The third-order valence-corrected chi connectivity index (χ3v) is 5.63. The molecule has 3 aromatic rings. The number of hydrazone groups is 1. The molecule has 0 radical (unpaired) electrons. The molecular formula is C24H28ClN7O2. The average molecular weight is 482 g/mol. The predicted molar refractivity (Wildman–Crippen MR) is 134 cm³/mol. The van der Waals surface area contributed by atoms with Crippen molar-refractivity contribution in [2.24, 2.45) is 10.5 Å². The number of piperazine rings is 1. The van der Waals surface area contributed by atoms with Crippen LogP contribution in [0.4, 0.5) is 6.01 Å². The molecule has 1 aromatic carbocycles. The van der Waals surface area contributed by atoms with Crippen molar-refractivity contribution >= 4 is 46.7 Å². The van der Waals surface area contributed by atoms with Gasteiger partial charge >= 0.3 is 0 Å². The van der Waals surface area contributed by atoms with E-state index in [1.54, 1.807) is 24.3 Å². The molecular weight excluding hydrogens is 454 g/mol. The van der Waals surface area contributed by atoms with Gasteiger partial charge in [0.1, 0.15) is 10.9 Å². The van der Waals surface area contributed by atoms with Crippen LogP contribution in [0.3, 0.4) is 0 Å². The Morgan fingerprint density at radius 1 is 1.12 bits per heavy atom. The fourth-order valence-electron chi connectivity index (χ4n) is 3.53. The summed E-state index contributed by atoms with van der Waals surface area (Å²) in [5.74, 6) is -0.0311. The number of rotatable bonds is 6. The molecule has 0 atom stereocenters. The van der Waals surface area contributed by atoms with Crippen LogP contribution in [0.15, 0.2) is 45.9 Å². The summed E-state index contributed by atoms with van der Waals surface area (Å²) >= 11 is 5.93. The van der Waals surface area contributed by atoms with Crippen molar-refractivity contribution in [1.29, 1.82) is 5.41 Å². The first-order valence-corrected chi connectivity index (χ1v) is 11.5. The lowest BCUT2D eigenvalue weighted by Crippen LogP contribution is -2.48. The van der Waals surface area contributed by atoms with Gasteiger partial charge in [-0.15, -0.1) is 0 Å². The number of aromatic nitrogens is 2. The highest BCUT2D eigenvalue weighted by Gasteiger charge is 2.25. The minimum Gasteiger partial charge on any atom is -0.422 e. The molecule has 0 aliphatic carbocycles. The summed E-state index contributed by atoms with van der Waals surface area (Å²) in [6.45, 7) is 9.35. The number of nitrogens with zero attached hydrogens (tertiary/aromatic N) is 5. The minimum atomic E-state index is -0.0311. The van der Waals surface area contributed by atoms with Gasteiger partial charge in [0, 0.05) is 50.1 Å². The number of carbonyl (C=O) groups is 1. The number of anilines is 1. The van der Waals surface area contributed by atoms with Crippen LogP contribution in [0.5, 0.6) is 0 Å². The molecule has 4 rings (SSSR count). The molecule has 34 heavy (non-hydrogen) atoms. The van der Waals surface area contributed by atoms with E-state index in [0.29, 0.717) is 66.4 Å². The van der Waals surface area contributed by atoms with Crippen LogP contribution in [0.25, 0.3) is 11.2 Å². The highest BCUT2D eigenvalue weighted by Crippen LogP contribution is 2.23. The number of amides is 1. The first kappa shape index (κ1) is 23.7. The number of halogens is 1. The molecule has 1 aliphatic rings. The Morgan fingerprint density at radius 2 is 1.79 bits per heavy atom. The number of hydrogen-bond acceptors (Lipinski definition) is 8. The third kappa shape index (κ3) is 5.53. The van der Waals surface area contributed by atoms with Gasteiger partial charge in [-0.05, 0) is 29.7 Å². The van der Waals surface area contributed by atoms with E-state index in [1.165, 1.54) is 6.21 Å². The molecule has 1 amide bonds. The van der Waals surface area contributed by atoms with E-state index < -0.39 is 0 Å². The maximum absolute atomic E-state index is 13.0. The Bertz CT molecular complexity index is 1210. The topological polar surface area (TPSA) is 111 Å². The number of fused-ring (bicyclic) bond motifs is 1. The van der Waals surface area contributed by atoms with Crippen molar-refractivity contribution in [3.63, 3.8) is 0 Å². The summed E-state index contributed by atoms with van der Waals surface area (Å²) in [4.78, 5) is 25.4. The van der Waals surface area contributed by atoms with Crippen molar-refractivity contribution in [2.45, 2.75) is 20.8 Å². The fourth-order valence-corrected chi connectivity index (χ4v) is 3.67. The summed E-state index contributed by atoms with van der Waals surface area (Å²) in [6, 6.07) is 11.1. The van der Waals surface area contributed by atoms with Gasteiger partial charge in [-0.3, -0.25) is 4.79 Å². The number of benzene rings is 1. The van der Waals surface area contributed by atoms with Crippen LogP contribution in [0.2, 0.25) is 5.15 Å². The predicted octanol–water partition coefficient (Wildman–Crippen LogP) is 3.83. The Hall–Kier alpha value is -3.46. The molecule has 1 aliphatic heterocycles. The number of hydrogen-bond donors (Lipinski definition) is 2. The molecule has 9 nitrogen and oxygen atoms in total. The van der Waals surface area contributed by atoms with Crippen molar-refractivity contribution in [1.82, 2.24) is 20.3 Å². The Morgan fingerprint density at radius 3 is 2.44 bits per heavy atom. The largest absolute Gasteiger partial charge is 0.422 e. The van der Waals surface area contributed by atoms with Crippen molar-refractivity contribution in [2.75, 3.05) is 37.6 Å². The average Bonchev–Trinajstić information content (AvgIpc) is 3.24. The second-order valence-corrected chi connectivity index (χ2v) is 9.73. The minimum absolute atomic E-state index is 0.0311. The molecule has 2 aromatic heterocycles. The van der Waals surface area contributed by atoms with Crippen molar-refractivity contribution < 1.29 is 9.21 Å². The lowest BCUT2D eigenvalue weighted by Gasteiger charge is -2.33. The third-order valence-electron chi connectivity index (χ3n) is 5.42. The van der Waals surface area contributed by atoms with E-state index in [1.807, 2.05) is 21.9 Å². The van der Waals surface area contributed by atoms with Gasteiger partial charge in [0.25, 0.3) is 11.9 Å². The van der Waals surface area contributed by atoms with Gasteiger partial charge in [-0.25, -0.2) is 4.98 Å². The molecule has 0 unspecified atom stereocenters. The van der Waals surface area contributed by atoms with Gasteiger partial charge < -0.3 is 25.1 Å². The quantitative estimate of drug-likeness (QED) is 0.314. The van der Waals surface area contributed by atoms with Gasteiger partial charge in [-0.1, -0.05) is 44.5 Å². The van der Waals surface area contributed by atoms with Crippen LogP contribution >= 0.6 is 11.6 Å². The molecule has 0 spiro atoms. The number of nitrogens with one attached hydrogen (secondary N) is 2. The maximum Gasteiger partial charge on any atom is 0.300 e. The maximum atomic E-state index is 13.0. The summed E-state index contributed by atoms with van der Waals surface area (Å²) in [6.07, 6.45) is 1.21. The highest BCUT2D eigenvalue weighted by molar-refractivity contribution is 6.37. The van der Waals surface area contributed by atoms with E-state index >= 15 is 0 Å². The van der Waals surface area contributed by atoms with Gasteiger partial charge in [0.15, 0.2) is 5.58 Å².